The lowest BCUT2D eigenvalue weighted by atomic mass is 10.1. The van der Waals surface area contributed by atoms with Crippen LogP contribution in [0, 0.1) is 13.8 Å². The molecular formula is C16H19N3OS. The number of thiazole rings is 1. The third-order valence-electron chi connectivity index (χ3n) is 3.76. The predicted octanol–water partition coefficient (Wildman–Crippen LogP) is 3.19. The summed E-state index contributed by atoms with van der Waals surface area (Å²) < 4.78 is 7.56. The molecule has 2 N–H and O–H groups in total. The van der Waals surface area contributed by atoms with Crippen molar-refractivity contribution in [3.05, 3.63) is 40.5 Å². The van der Waals surface area contributed by atoms with Crippen LogP contribution in [0.5, 0.6) is 5.75 Å². The van der Waals surface area contributed by atoms with Gasteiger partial charge in [0.1, 0.15) is 5.75 Å². The van der Waals surface area contributed by atoms with Crippen LogP contribution < -0.4 is 10.5 Å². The van der Waals surface area contributed by atoms with Crippen molar-refractivity contribution < 1.29 is 4.74 Å². The highest BCUT2D eigenvalue weighted by Crippen LogP contribution is 2.32. The number of nitrogens with zero attached hydrogens (tertiary/aromatic N) is 2. The molecule has 0 aliphatic carbocycles. The van der Waals surface area contributed by atoms with Gasteiger partial charge in [0.05, 0.1) is 18.5 Å². The number of aromatic nitrogens is 2. The van der Waals surface area contributed by atoms with Gasteiger partial charge in [-0.05, 0) is 32.5 Å². The van der Waals surface area contributed by atoms with Crippen molar-refractivity contribution in [1.82, 2.24) is 9.38 Å². The first-order valence-corrected chi connectivity index (χ1v) is 7.79. The molecule has 0 amide bonds. The van der Waals surface area contributed by atoms with E-state index in [0.717, 1.165) is 28.4 Å². The number of methoxy groups -OCH3 is 1. The number of hydrogen-bond acceptors (Lipinski definition) is 4. The van der Waals surface area contributed by atoms with E-state index in [1.165, 1.54) is 16.3 Å². The van der Waals surface area contributed by atoms with Gasteiger partial charge in [-0.2, -0.15) is 0 Å². The fraction of sp³-hybridized carbons (Fsp3) is 0.312. The van der Waals surface area contributed by atoms with E-state index < -0.39 is 0 Å². The van der Waals surface area contributed by atoms with Crippen molar-refractivity contribution >= 4 is 16.3 Å². The molecule has 0 aliphatic rings. The zero-order chi connectivity index (χ0) is 15.0. The van der Waals surface area contributed by atoms with Crippen LogP contribution in [-0.4, -0.2) is 23.0 Å². The average Bonchev–Trinajstić information content (AvgIpc) is 2.98. The van der Waals surface area contributed by atoms with E-state index in [4.69, 9.17) is 15.5 Å². The minimum absolute atomic E-state index is 0.610. The van der Waals surface area contributed by atoms with Crippen LogP contribution in [0.3, 0.4) is 0 Å². The number of benzene rings is 1. The predicted molar refractivity (Wildman–Crippen MR) is 87.3 cm³/mol. The van der Waals surface area contributed by atoms with Crippen molar-refractivity contribution in [3.63, 3.8) is 0 Å². The van der Waals surface area contributed by atoms with Crippen LogP contribution in [-0.2, 0) is 6.42 Å². The van der Waals surface area contributed by atoms with Crippen LogP contribution in [0.15, 0.2) is 24.3 Å². The molecule has 0 fully saturated rings. The second-order valence-corrected chi connectivity index (χ2v) is 6.22. The van der Waals surface area contributed by atoms with E-state index in [-0.39, 0.29) is 0 Å². The van der Waals surface area contributed by atoms with Gasteiger partial charge in [-0.25, -0.2) is 4.98 Å². The lowest BCUT2D eigenvalue weighted by Gasteiger charge is -2.06. The van der Waals surface area contributed by atoms with Gasteiger partial charge >= 0.3 is 0 Å². The zero-order valence-electron chi connectivity index (χ0n) is 12.5. The second kappa shape index (κ2) is 5.50. The summed E-state index contributed by atoms with van der Waals surface area (Å²) in [6.45, 7) is 4.88. The van der Waals surface area contributed by atoms with Crippen molar-refractivity contribution in [3.8, 4) is 17.0 Å². The van der Waals surface area contributed by atoms with E-state index in [0.29, 0.717) is 6.54 Å². The van der Waals surface area contributed by atoms with Gasteiger partial charge in [-0.3, -0.25) is 4.40 Å². The van der Waals surface area contributed by atoms with E-state index in [2.05, 4.69) is 24.3 Å². The maximum atomic E-state index is 5.81. The van der Waals surface area contributed by atoms with Gasteiger partial charge in [-0.15, -0.1) is 11.3 Å². The van der Waals surface area contributed by atoms with Crippen LogP contribution in [0.4, 0.5) is 0 Å². The number of hydrogen-bond donors (Lipinski definition) is 1. The molecule has 1 aromatic carbocycles. The maximum absolute atomic E-state index is 5.81. The Kier molecular flexibility index (Phi) is 3.69. The van der Waals surface area contributed by atoms with Crippen LogP contribution in [0.2, 0.25) is 0 Å². The third kappa shape index (κ3) is 2.32. The standard InChI is InChI=1S/C16H19N3OS/c1-10-11(2)21-16-18-15(14(7-8-17)19(10)16)12-5-4-6-13(9-12)20-3/h4-6,9H,7-8,17H2,1-3H3. The summed E-state index contributed by atoms with van der Waals surface area (Å²) in [7, 11) is 1.68. The minimum Gasteiger partial charge on any atom is -0.497 e. The van der Waals surface area contributed by atoms with E-state index in [9.17, 15) is 0 Å². The molecular weight excluding hydrogens is 282 g/mol. The van der Waals surface area contributed by atoms with Crippen LogP contribution in [0.25, 0.3) is 16.2 Å². The molecule has 5 heteroatoms. The number of ether oxygens (including phenoxy) is 1. The van der Waals surface area contributed by atoms with E-state index in [1.54, 1.807) is 18.4 Å². The molecule has 0 unspecified atom stereocenters. The van der Waals surface area contributed by atoms with Crippen molar-refractivity contribution in [1.29, 1.82) is 0 Å². The summed E-state index contributed by atoms with van der Waals surface area (Å²) in [5.41, 5.74) is 10.3. The first-order valence-electron chi connectivity index (χ1n) is 6.97. The van der Waals surface area contributed by atoms with E-state index in [1.807, 2.05) is 18.2 Å². The summed E-state index contributed by atoms with van der Waals surface area (Å²) in [6, 6.07) is 8.03. The Morgan fingerprint density at radius 1 is 1.33 bits per heavy atom. The number of fused-ring (bicyclic) bond motifs is 1. The highest BCUT2D eigenvalue weighted by atomic mass is 32.1. The van der Waals surface area contributed by atoms with Crippen LogP contribution in [0.1, 0.15) is 16.3 Å². The quantitative estimate of drug-likeness (QED) is 0.805. The molecule has 4 nitrogen and oxygen atoms in total. The van der Waals surface area contributed by atoms with Crippen molar-refractivity contribution in [2.24, 2.45) is 5.73 Å². The average molecular weight is 301 g/mol. The molecule has 0 bridgehead atoms. The molecule has 0 radical (unpaired) electrons. The molecule has 2 aromatic heterocycles. The third-order valence-corrected chi connectivity index (χ3v) is 4.81. The Balaban J connectivity index is 2.23. The topological polar surface area (TPSA) is 52.5 Å². The molecule has 3 aromatic rings. The highest BCUT2D eigenvalue weighted by Gasteiger charge is 2.18. The maximum Gasteiger partial charge on any atom is 0.194 e. The summed E-state index contributed by atoms with van der Waals surface area (Å²) in [5.74, 6) is 0.843. The Hall–Kier alpha value is -1.85. The molecule has 0 aliphatic heterocycles. The zero-order valence-corrected chi connectivity index (χ0v) is 13.3. The summed E-state index contributed by atoms with van der Waals surface area (Å²) in [4.78, 5) is 7.16. The number of nitrogens with two attached hydrogens (primary N) is 1. The summed E-state index contributed by atoms with van der Waals surface area (Å²) in [6.07, 6.45) is 0.810. The summed E-state index contributed by atoms with van der Waals surface area (Å²) in [5, 5.41) is 0. The Labute approximate surface area is 128 Å². The smallest absolute Gasteiger partial charge is 0.194 e. The molecule has 21 heavy (non-hydrogen) atoms. The van der Waals surface area contributed by atoms with Gasteiger partial charge in [0.2, 0.25) is 0 Å². The lowest BCUT2D eigenvalue weighted by molar-refractivity contribution is 0.415. The van der Waals surface area contributed by atoms with Gasteiger partial charge in [-0.1, -0.05) is 12.1 Å². The van der Waals surface area contributed by atoms with Gasteiger partial charge in [0.15, 0.2) is 4.96 Å². The first-order chi connectivity index (χ1) is 10.2. The number of rotatable bonds is 4. The number of imidazole rings is 1. The molecule has 0 spiro atoms. The highest BCUT2D eigenvalue weighted by molar-refractivity contribution is 7.17. The van der Waals surface area contributed by atoms with Gasteiger partial charge in [0, 0.05) is 22.6 Å². The second-order valence-electron chi connectivity index (χ2n) is 5.04. The summed E-state index contributed by atoms with van der Waals surface area (Å²) >= 11 is 1.72. The van der Waals surface area contributed by atoms with E-state index >= 15 is 0 Å². The van der Waals surface area contributed by atoms with Crippen LogP contribution >= 0.6 is 11.3 Å². The minimum atomic E-state index is 0.610. The Morgan fingerprint density at radius 3 is 2.86 bits per heavy atom. The molecule has 0 saturated carbocycles. The molecule has 2 heterocycles. The Morgan fingerprint density at radius 2 is 2.14 bits per heavy atom. The molecule has 110 valence electrons. The molecule has 0 atom stereocenters. The molecule has 0 saturated heterocycles. The van der Waals surface area contributed by atoms with Crippen molar-refractivity contribution in [2.75, 3.05) is 13.7 Å². The monoisotopic (exact) mass is 301 g/mol. The molecule has 3 rings (SSSR count). The van der Waals surface area contributed by atoms with Gasteiger partial charge in [0.25, 0.3) is 0 Å². The fourth-order valence-electron chi connectivity index (χ4n) is 2.58. The first kappa shape index (κ1) is 14.1. The van der Waals surface area contributed by atoms with Crippen molar-refractivity contribution in [2.45, 2.75) is 20.3 Å². The van der Waals surface area contributed by atoms with Gasteiger partial charge < -0.3 is 10.5 Å². The Bertz CT molecular complexity index is 788. The lowest BCUT2D eigenvalue weighted by Crippen LogP contribution is -2.07. The number of aryl methyl sites for hydroxylation is 2. The normalized spacial score (nSPS) is 11.2. The largest absolute Gasteiger partial charge is 0.497 e. The fourth-order valence-corrected chi connectivity index (χ4v) is 3.57. The SMILES string of the molecule is COc1cccc(-c2nc3sc(C)c(C)n3c2CCN)c1.